The maximum Gasteiger partial charge on any atom is 0.279 e. The first-order valence-corrected chi connectivity index (χ1v) is 8.04. The molecule has 0 fully saturated rings. The molecule has 0 radical (unpaired) electrons. The highest BCUT2D eigenvalue weighted by Gasteiger charge is 2.24. The molecule has 3 aromatic rings. The summed E-state index contributed by atoms with van der Waals surface area (Å²) in [6.45, 7) is 1.74. The van der Waals surface area contributed by atoms with Crippen LogP contribution >= 0.6 is 0 Å². The van der Waals surface area contributed by atoms with Gasteiger partial charge in [-0.3, -0.25) is 4.79 Å². The first-order valence-electron chi connectivity index (χ1n) is 8.04. The number of benzene rings is 1. The van der Waals surface area contributed by atoms with E-state index in [2.05, 4.69) is 50.1 Å². The minimum atomic E-state index is -0.285. The Bertz CT molecular complexity index is 881. The summed E-state index contributed by atoms with van der Waals surface area (Å²) in [5.41, 5.74) is 3.50. The van der Waals surface area contributed by atoms with Gasteiger partial charge in [-0.05, 0) is 37.3 Å². The van der Waals surface area contributed by atoms with Crippen molar-refractivity contribution in [1.29, 1.82) is 0 Å². The summed E-state index contributed by atoms with van der Waals surface area (Å²) in [6.07, 6.45) is 4.91. The van der Waals surface area contributed by atoms with E-state index >= 15 is 0 Å². The van der Waals surface area contributed by atoms with Gasteiger partial charge in [0.1, 0.15) is 5.82 Å². The molecule has 24 heavy (non-hydrogen) atoms. The number of H-pyrrole nitrogens is 1. The van der Waals surface area contributed by atoms with E-state index in [1.165, 1.54) is 11.1 Å². The molecule has 1 atom stereocenters. The Labute approximate surface area is 139 Å². The monoisotopic (exact) mass is 322 g/mol. The van der Waals surface area contributed by atoms with Crippen molar-refractivity contribution in [3.63, 3.8) is 0 Å². The van der Waals surface area contributed by atoms with Gasteiger partial charge in [-0.1, -0.05) is 24.3 Å². The summed E-state index contributed by atoms with van der Waals surface area (Å²) in [6, 6.07) is 10.4. The lowest BCUT2D eigenvalue weighted by Gasteiger charge is -2.27. The van der Waals surface area contributed by atoms with Crippen LogP contribution < -0.4 is 5.32 Å². The van der Waals surface area contributed by atoms with E-state index in [9.17, 15) is 4.79 Å². The lowest BCUT2D eigenvalue weighted by atomic mass is 9.88. The Morgan fingerprint density at radius 1 is 1.29 bits per heavy atom. The van der Waals surface area contributed by atoms with Crippen molar-refractivity contribution in [1.82, 2.24) is 25.2 Å². The molecule has 0 aliphatic heterocycles. The van der Waals surface area contributed by atoms with Gasteiger partial charge in [0.25, 0.3) is 5.91 Å². The van der Waals surface area contributed by atoms with Crippen LogP contribution in [0.5, 0.6) is 0 Å². The largest absolute Gasteiger partial charge is 0.305 e. The van der Waals surface area contributed by atoms with Crippen LogP contribution in [0.3, 0.4) is 0 Å². The van der Waals surface area contributed by atoms with Crippen molar-refractivity contribution in [2.45, 2.75) is 32.2 Å². The van der Waals surface area contributed by atoms with Crippen molar-refractivity contribution in [3.8, 4) is 0 Å². The molecule has 2 aromatic heterocycles. The molecule has 0 saturated heterocycles. The third-order valence-electron chi connectivity index (χ3n) is 4.48. The van der Waals surface area contributed by atoms with Gasteiger partial charge in [0.15, 0.2) is 5.69 Å². The second-order valence-electron chi connectivity index (χ2n) is 5.98. The quantitative estimate of drug-likeness (QED) is 0.775. The molecule has 0 spiro atoms. The summed E-state index contributed by atoms with van der Waals surface area (Å²) in [5.74, 6) is 0.385. The van der Waals surface area contributed by atoms with Crippen molar-refractivity contribution in [3.05, 3.63) is 59.0 Å². The van der Waals surface area contributed by atoms with E-state index in [0.29, 0.717) is 17.2 Å². The Kier molecular flexibility index (Phi) is 3.60. The number of aromatic amines is 1. The normalized spacial score (nSPS) is 16.6. The number of nitrogens with one attached hydrogen (secondary N) is 2. The summed E-state index contributed by atoms with van der Waals surface area (Å²) < 4.78 is 1.89. The number of hydrogen-bond acceptors (Lipinski definition) is 4. The van der Waals surface area contributed by atoms with Crippen LogP contribution in [0.15, 0.2) is 36.5 Å². The fraction of sp³-hybridized carbons (Fsp3) is 0.294. The Balaban J connectivity index is 1.64. The number of rotatable bonds is 3. The highest BCUT2D eigenvalue weighted by Crippen LogP contribution is 2.34. The summed E-state index contributed by atoms with van der Waals surface area (Å²) >= 11 is 0. The molecular weight excluding hydrogens is 304 g/mol. The Hall–Kier alpha value is -2.96. The highest BCUT2D eigenvalue weighted by atomic mass is 16.2. The first kappa shape index (κ1) is 14.6. The lowest BCUT2D eigenvalue weighted by Crippen LogP contribution is -2.22. The Morgan fingerprint density at radius 2 is 2.17 bits per heavy atom. The molecule has 122 valence electrons. The van der Waals surface area contributed by atoms with E-state index in [4.69, 9.17) is 0 Å². The van der Waals surface area contributed by atoms with Crippen molar-refractivity contribution < 1.29 is 4.79 Å². The van der Waals surface area contributed by atoms with Gasteiger partial charge in [-0.2, -0.15) is 20.5 Å². The predicted octanol–water partition coefficient (Wildman–Crippen LogP) is 2.49. The van der Waals surface area contributed by atoms with E-state index in [1.54, 1.807) is 13.1 Å². The molecule has 1 aromatic carbocycles. The molecule has 0 saturated carbocycles. The second kappa shape index (κ2) is 5.92. The summed E-state index contributed by atoms with van der Waals surface area (Å²) in [7, 11) is 0. The molecule has 1 aliphatic rings. The van der Waals surface area contributed by atoms with Gasteiger partial charge < -0.3 is 5.32 Å². The van der Waals surface area contributed by atoms with Crippen LogP contribution in [0.25, 0.3) is 0 Å². The molecule has 0 bridgehead atoms. The molecule has 2 heterocycles. The van der Waals surface area contributed by atoms with E-state index in [1.807, 2.05) is 10.7 Å². The number of carbonyl (C=O) groups excluding carboxylic acids is 1. The molecule has 7 nitrogen and oxygen atoms in total. The molecule has 4 rings (SSSR count). The van der Waals surface area contributed by atoms with Gasteiger partial charge in [0.05, 0.1) is 17.9 Å². The van der Waals surface area contributed by atoms with Crippen LogP contribution in [0.1, 0.15) is 46.2 Å². The number of carbonyl (C=O) groups is 1. The van der Waals surface area contributed by atoms with Gasteiger partial charge in [0.2, 0.25) is 0 Å². The highest BCUT2D eigenvalue weighted by molar-refractivity contribution is 6.03. The zero-order chi connectivity index (χ0) is 16.5. The van der Waals surface area contributed by atoms with Crippen LogP contribution in [0, 0.1) is 6.92 Å². The van der Waals surface area contributed by atoms with Gasteiger partial charge >= 0.3 is 0 Å². The van der Waals surface area contributed by atoms with E-state index in [0.717, 1.165) is 19.3 Å². The van der Waals surface area contributed by atoms with Crippen LogP contribution in [0.2, 0.25) is 0 Å². The predicted molar refractivity (Wildman–Crippen MR) is 88.8 cm³/mol. The van der Waals surface area contributed by atoms with Crippen molar-refractivity contribution >= 4 is 11.7 Å². The number of aryl methyl sites for hydroxylation is 2. The Morgan fingerprint density at radius 3 is 3.00 bits per heavy atom. The van der Waals surface area contributed by atoms with Crippen LogP contribution in [-0.2, 0) is 6.42 Å². The number of amides is 1. The smallest absolute Gasteiger partial charge is 0.279 e. The number of anilines is 1. The third-order valence-corrected chi connectivity index (χ3v) is 4.48. The summed E-state index contributed by atoms with van der Waals surface area (Å²) in [5, 5.41) is 17.6. The molecule has 1 aliphatic carbocycles. The fourth-order valence-electron chi connectivity index (χ4n) is 3.32. The first-order chi connectivity index (χ1) is 11.7. The maximum absolute atomic E-state index is 12.4. The zero-order valence-electron chi connectivity index (χ0n) is 13.4. The topological polar surface area (TPSA) is 88.5 Å². The lowest BCUT2D eigenvalue weighted by molar-refractivity contribution is 0.102. The van der Waals surface area contributed by atoms with E-state index in [-0.39, 0.29) is 11.9 Å². The maximum atomic E-state index is 12.4. The molecule has 7 heteroatoms. The van der Waals surface area contributed by atoms with E-state index < -0.39 is 0 Å². The SMILES string of the molecule is Cc1n[nH]nc1C(=O)Nc1ccnn1C1CCCc2ccccc21. The third kappa shape index (κ3) is 2.47. The minimum absolute atomic E-state index is 0.138. The van der Waals surface area contributed by atoms with Gasteiger partial charge in [0, 0.05) is 6.07 Å². The second-order valence-corrected chi connectivity index (χ2v) is 5.98. The fourth-order valence-corrected chi connectivity index (χ4v) is 3.32. The zero-order valence-corrected chi connectivity index (χ0v) is 13.4. The van der Waals surface area contributed by atoms with Crippen LogP contribution in [0.4, 0.5) is 5.82 Å². The average molecular weight is 322 g/mol. The number of fused-ring (bicyclic) bond motifs is 1. The average Bonchev–Trinajstić information content (AvgIpc) is 3.23. The number of aromatic nitrogens is 5. The molecular formula is C17H18N6O. The molecule has 2 N–H and O–H groups in total. The van der Waals surface area contributed by atoms with Gasteiger partial charge in [-0.25, -0.2) is 4.68 Å². The number of hydrogen-bond donors (Lipinski definition) is 2. The minimum Gasteiger partial charge on any atom is -0.305 e. The number of nitrogens with zero attached hydrogens (tertiary/aromatic N) is 4. The molecule has 1 amide bonds. The van der Waals surface area contributed by atoms with Crippen molar-refractivity contribution in [2.24, 2.45) is 0 Å². The van der Waals surface area contributed by atoms with Crippen molar-refractivity contribution in [2.75, 3.05) is 5.32 Å². The summed E-state index contributed by atoms with van der Waals surface area (Å²) in [4.78, 5) is 12.4. The molecule has 1 unspecified atom stereocenters. The standard InChI is InChI=1S/C17H18N6O/c1-11-16(21-22-20-11)17(24)19-15-9-10-18-23(15)14-8-4-6-12-5-2-3-7-13(12)14/h2-3,5,7,9-10,14H,4,6,8H2,1H3,(H,19,24)(H,20,21,22). The van der Waals surface area contributed by atoms with Gasteiger partial charge in [-0.15, -0.1) is 0 Å². The van der Waals surface area contributed by atoms with Crippen LogP contribution in [-0.4, -0.2) is 31.1 Å².